The molecule has 196 valence electrons. The van der Waals surface area contributed by atoms with Gasteiger partial charge in [0.2, 0.25) is 0 Å². The Morgan fingerprint density at radius 2 is 1.32 bits per heavy atom. The lowest BCUT2D eigenvalue weighted by Crippen LogP contribution is -2.35. The van der Waals surface area contributed by atoms with Crippen molar-refractivity contribution >= 4 is 21.8 Å². The molecule has 0 fully saturated rings. The van der Waals surface area contributed by atoms with Crippen LogP contribution in [0.5, 0.6) is 0 Å². The van der Waals surface area contributed by atoms with Crippen molar-refractivity contribution < 1.29 is 17.6 Å². The Hall–Kier alpha value is -3.02. The van der Waals surface area contributed by atoms with E-state index in [4.69, 9.17) is 0 Å². The molecule has 0 saturated carbocycles. The monoisotopic (exact) mass is 510 g/mol. The quantitative estimate of drug-likeness (QED) is 0.134. The largest absolute Gasteiger partial charge is 0.254 e. The number of pyridine rings is 2. The third-order valence-corrected chi connectivity index (χ3v) is 8.75. The second-order valence-corrected chi connectivity index (χ2v) is 10.7. The zero-order valence-electron chi connectivity index (χ0n) is 22.4. The Morgan fingerprint density at radius 3 is 1.89 bits per heavy atom. The molecule has 0 amide bonds. The predicted octanol–water partition coefficient (Wildman–Crippen LogP) is 8.96. The molecule has 0 aliphatic heterocycles. The average molecular weight is 511 g/mol. The van der Waals surface area contributed by atoms with Crippen LogP contribution in [0, 0.1) is 29.2 Å². The number of benzene rings is 2. The predicted molar refractivity (Wildman–Crippen MR) is 142 cm³/mol. The highest BCUT2D eigenvalue weighted by Gasteiger charge is 2.43. The number of aromatic nitrogens is 2. The third kappa shape index (κ3) is 4.28. The van der Waals surface area contributed by atoms with Crippen LogP contribution >= 0.6 is 0 Å². The number of hydrogen-bond donors (Lipinski definition) is 0. The van der Waals surface area contributed by atoms with Gasteiger partial charge in [0.15, 0.2) is 23.3 Å². The minimum absolute atomic E-state index is 0.185. The first-order valence-electron chi connectivity index (χ1n) is 13.0. The van der Waals surface area contributed by atoms with Crippen LogP contribution < -0.4 is 0 Å². The second kappa shape index (κ2) is 10.0. The fourth-order valence-corrected chi connectivity index (χ4v) is 5.68. The summed E-state index contributed by atoms with van der Waals surface area (Å²) in [6.45, 7) is 10.6. The molecule has 0 aliphatic carbocycles. The number of halogens is 4. The topological polar surface area (TPSA) is 25.8 Å². The summed E-state index contributed by atoms with van der Waals surface area (Å²) >= 11 is 0. The summed E-state index contributed by atoms with van der Waals surface area (Å²) in [6, 6.07) is 9.61. The summed E-state index contributed by atoms with van der Waals surface area (Å²) < 4.78 is 62.9. The van der Waals surface area contributed by atoms with Crippen LogP contribution in [-0.2, 0) is 17.3 Å². The lowest BCUT2D eigenvalue weighted by molar-refractivity contribution is 0.277. The van der Waals surface area contributed by atoms with E-state index in [1.807, 2.05) is 30.3 Å². The summed E-state index contributed by atoms with van der Waals surface area (Å²) in [6.07, 6.45) is 4.49. The summed E-state index contributed by atoms with van der Waals surface area (Å²) in [5.74, 6) is -5.37. The van der Waals surface area contributed by atoms with E-state index in [0.717, 1.165) is 27.4 Å². The van der Waals surface area contributed by atoms with Gasteiger partial charge in [0.25, 0.3) is 0 Å². The maximum atomic E-state index is 15.8. The van der Waals surface area contributed by atoms with Gasteiger partial charge >= 0.3 is 0 Å². The molecule has 0 saturated heterocycles. The summed E-state index contributed by atoms with van der Waals surface area (Å²) in [4.78, 5) is 9.05. The molecule has 2 aromatic carbocycles. The van der Waals surface area contributed by atoms with E-state index in [1.54, 1.807) is 53.9 Å². The summed E-state index contributed by atoms with van der Waals surface area (Å²) in [7, 11) is 0. The minimum Gasteiger partial charge on any atom is -0.254 e. The Balaban J connectivity index is 1.87. The molecule has 2 aromatic heterocycles. The SMILES string of the molecule is CCC(CC)(Cc1cnc2c(ccc3cccnc32)c1)c1c(F)c(F)c(C(C)(CC)C(C)C)c(F)c1F. The first kappa shape index (κ1) is 27.0. The fraction of sp³-hybridized carbons (Fsp3) is 0.419. The molecule has 0 bridgehead atoms. The summed E-state index contributed by atoms with van der Waals surface area (Å²) in [5, 5.41) is 1.80. The molecule has 6 heteroatoms. The average Bonchev–Trinajstić information content (AvgIpc) is 2.90. The van der Waals surface area contributed by atoms with Crippen LogP contribution in [0.15, 0.2) is 42.7 Å². The first-order valence-corrected chi connectivity index (χ1v) is 13.0. The van der Waals surface area contributed by atoms with Crippen LogP contribution in [0.1, 0.15) is 77.5 Å². The van der Waals surface area contributed by atoms with Gasteiger partial charge in [-0.15, -0.1) is 0 Å². The molecular weight excluding hydrogens is 476 g/mol. The van der Waals surface area contributed by atoms with Gasteiger partial charge in [0.1, 0.15) is 0 Å². The number of rotatable bonds is 8. The molecule has 0 spiro atoms. The molecule has 1 atom stereocenters. The Bertz CT molecular complexity index is 1430. The lowest BCUT2D eigenvalue weighted by Gasteiger charge is -2.37. The highest BCUT2D eigenvalue weighted by atomic mass is 19.2. The Labute approximate surface area is 216 Å². The molecule has 2 nitrogen and oxygen atoms in total. The van der Waals surface area contributed by atoms with Crippen LogP contribution in [0.4, 0.5) is 17.6 Å². The zero-order valence-corrected chi connectivity index (χ0v) is 22.4. The van der Waals surface area contributed by atoms with E-state index in [1.165, 1.54) is 0 Å². The van der Waals surface area contributed by atoms with Crippen LogP contribution in [0.2, 0.25) is 0 Å². The van der Waals surface area contributed by atoms with E-state index in [-0.39, 0.29) is 12.3 Å². The van der Waals surface area contributed by atoms with Gasteiger partial charge in [-0.05, 0) is 49.3 Å². The van der Waals surface area contributed by atoms with Gasteiger partial charge in [-0.3, -0.25) is 9.97 Å². The van der Waals surface area contributed by atoms with Crippen LogP contribution in [-0.4, -0.2) is 9.97 Å². The number of hydrogen-bond acceptors (Lipinski definition) is 2. The molecule has 1 unspecified atom stereocenters. The maximum absolute atomic E-state index is 15.8. The minimum atomic E-state index is -1.29. The zero-order chi connectivity index (χ0) is 27.1. The van der Waals surface area contributed by atoms with E-state index in [2.05, 4.69) is 9.97 Å². The third-order valence-electron chi connectivity index (χ3n) is 8.75. The van der Waals surface area contributed by atoms with Crippen molar-refractivity contribution in [2.24, 2.45) is 5.92 Å². The van der Waals surface area contributed by atoms with E-state index < -0.39 is 45.2 Å². The van der Waals surface area contributed by atoms with Gasteiger partial charge in [-0.25, -0.2) is 17.6 Å². The fourth-order valence-electron chi connectivity index (χ4n) is 5.68. The van der Waals surface area contributed by atoms with E-state index >= 15 is 17.6 Å². The van der Waals surface area contributed by atoms with Crippen molar-refractivity contribution in [1.82, 2.24) is 9.97 Å². The Morgan fingerprint density at radius 1 is 0.757 bits per heavy atom. The molecule has 0 N–H and O–H groups in total. The van der Waals surface area contributed by atoms with Crippen molar-refractivity contribution in [3.63, 3.8) is 0 Å². The van der Waals surface area contributed by atoms with Crippen LogP contribution in [0.25, 0.3) is 21.8 Å². The molecule has 4 aromatic rings. The number of fused-ring (bicyclic) bond motifs is 3. The first-order chi connectivity index (χ1) is 17.5. The Kier molecular flexibility index (Phi) is 7.33. The van der Waals surface area contributed by atoms with Gasteiger partial charge < -0.3 is 0 Å². The van der Waals surface area contributed by atoms with Crippen molar-refractivity contribution in [2.75, 3.05) is 0 Å². The molecule has 37 heavy (non-hydrogen) atoms. The summed E-state index contributed by atoms with van der Waals surface area (Å²) in [5.41, 5.74) is -0.990. The van der Waals surface area contributed by atoms with Gasteiger partial charge in [0.05, 0.1) is 11.0 Å². The highest BCUT2D eigenvalue weighted by molar-refractivity contribution is 6.02. The smallest absolute Gasteiger partial charge is 0.166 e. The van der Waals surface area contributed by atoms with Crippen molar-refractivity contribution in [3.8, 4) is 0 Å². The van der Waals surface area contributed by atoms with Crippen molar-refractivity contribution in [2.45, 2.75) is 78.1 Å². The standard InChI is InChI=1S/C31H34F4N2/c1-7-30(6,18(4)5)22-24(32)26(34)23(27(35)25(22)33)31(8-2,9-3)16-19-15-21-13-12-20-11-10-14-36-28(20)29(21)37-17-19/h10-15,17-18H,7-9,16H2,1-6H3. The number of nitrogens with zero attached hydrogens (tertiary/aromatic N) is 2. The highest BCUT2D eigenvalue weighted by Crippen LogP contribution is 2.45. The van der Waals surface area contributed by atoms with Crippen molar-refractivity contribution in [1.29, 1.82) is 0 Å². The van der Waals surface area contributed by atoms with Gasteiger partial charge in [-0.2, -0.15) is 0 Å². The molecule has 4 rings (SSSR count). The molecule has 2 heterocycles. The van der Waals surface area contributed by atoms with Crippen molar-refractivity contribution in [3.05, 3.63) is 82.7 Å². The molecular formula is C31H34F4N2. The molecule has 0 radical (unpaired) electrons. The van der Waals surface area contributed by atoms with Gasteiger partial charge in [0, 0.05) is 45.1 Å². The normalized spacial score (nSPS) is 14.0. The van der Waals surface area contributed by atoms with Gasteiger partial charge in [-0.1, -0.05) is 59.7 Å². The maximum Gasteiger partial charge on any atom is 0.166 e. The lowest BCUT2D eigenvalue weighted by atomic mass is 9.67. The van der Waals surface area contributed by atoms with E-state index in [9.17, 15) is 0 Å². The second-order valence-electron chi connectivity index (χ2n) is 10.7. The van der Waals surface area contributed by atoms with Crippen LogP contribution in [0.3, 0.4) is 0 Å². The molecule has 0 aliphatic rings. The van der Waals surface area contributed by atoms with E-state index in [0.29, 0.717) is 19.3 Å².